The van der Waals surface area contributed by atoms with Crippen LogP contribution in [0.4, 0.5) is 0 Å². The molecule has 0 bridgehead atoms. The Morgan fingerprint density at radius 1 is 0.900 bits per heavy atom. The molecule has 3 heteroatoms. The molecule has 0 fully saturated rings. The third-order valence-electron chi connectivity index (χ3n) is 5.60. The molecule has 0 saturated heterocycles. The van der Waals surface area contributed by atoms with Crippen molar-refractivity contribution in [1.29, 1.82) is 0 Å². The molecule has 1 atom stereocenters. The van der Waals surface area contributed by atoms with Crippen LogP contribution in [0.15, 0.2) is 84.9 Å². The number of amides is 1. The predicted octanol–water partition coefficient (Wildman–Crippen LogP) is 6.02. The van der Waals surface area contributed by atoms with E-state index < -0.39 is 0 Å². The highest BCUT2D eigenvalue weighted by atomic mass is 16.1. The highest BCUT2D eigenvalue weighted by Gasteiger charge is 2.18. The summed E-state index contributed by atoms with van der Waals surface area (Å²) >= 11 is 0. The Kier molecular flexibility index (Phi) is 5.89. The number of hydrogen-bond donors (Lipinski definition) is 1. The molecule has 4 aromatic rings. The van der Waals surface area contributed by atoms with Crippen LogP contribution in [0.25, 0.3) is 22.2 Å². The zero-order valence-electron chi connectivity index (χ0n) is 17.4. The highest BCUT2D eigenvalue weighted by molar-refractivity contribution is 5.92. The van der Waals surface area contributed by atoms with Gasteiger partial charge in [-0.15, -0.1) is 0 Å². The predicted molar refractivity (Wildman–Crippen MR) is 123 cm³/mol. The Morgan fingerprint density at radius 3 is 2.23 bits per heavy atom. The molecule has 0 aliphatic carbocycles. The molecule has 3 nitrogen and oxygen atoms in total. The lowest BCUT2D eigenvalue weighted by Crippen LogP contribution is -2.29. The summed E-state index contributed by atoms with van der Waals surface area (Å²) in [6, 6.07) is 28.4. The zero-order chi connectivity index (χ0) is 20.9. The van der Waals surface area contributed by atoms with Crippen LogP contribution in [0.5, 0.6) is 0 Å². The smallest absolute Gasteiger partial charge is 0.224 e. The van der Waals surface area contributed by atoms with Crippen molar-refractivity contribution in [2.24, 2.45) is 0 Å². The quantitative estimate of drug-likeness (QED) is 0.434. The van der Waals surface area contributed by atoms with Gasteiger partial charge in [0.25, 0.3) is 0 Å². The van der Waals surface area contributed by atoms with Crippen LogP contribution in [0.3, 0.4) is 0 Å². The van der Waals surface area contributed by atoms with Crippen LogP contribution in [0, 0.1) is 6.92 Å². The van der Waals surface area contributed by atoms with E-state index in [1.54, 1.807) is 0 Å². The summed E-state index contributed by atoms with van der Waals surface area (Å²) in [7, 11) is 0. The fourth-order valence-electron chi connectivity index (χ4n) is 3.99. The Bertz CT molecular complexity index is 1150. The number of fused-ring (bicyclic) bond motifs is 1. The Balaban J connectivity index is 1.69. The van der Waals surface area contributed by atoms with Gasteiger partial charge in [-0.1, -0.05) is 85.8 Å². The second-order valence-electron chi connectivity index (χ2n) is 7.56. The van der Waals surface area contributed by atoms with Gasteiger partial charge in [-0.2, -0.15) is 0 Å². The Morgan fingerprint density at radius 2 is 1.53 bits per heavy atom. The first-order valence-electron chi connectivity index (χ1n) is 10.4. The second-order valence-corrected chi connectivity index (χ2v) is 7.56. The molecule has 0 radical (unpaired) electrons. The van der Waals surface area contributed by atoms with Crippen LogP contribution >= 0.6 is 0 Å². The maximum absolute atomic E-state index is 13.1. The van der Waals surface area contributed by atoms with Crippen molar-refractivity contribution in [3.63, 3.8) is 0 Å². The molecule has 3 aromatic carbocycles. The summed E-state index contributed by atoms with van der Waals surface area (Å²) in [5, 5.41) is 4.26. The molecule has 4 rings (SSSR count). The number of para-hydroxylation sites is 1. The first-order valence-corrected chi connectivity index (χ1v) is 10.4. The highest BCUT2D eigenvalue weighted by Crippen LogP contribution is 2.30. The number of aromatic nitrogens is 1. The first kappa shape index (κ1) is 19.8. The number of benzene rings is 3. The molecule has 1 amide bonds. The van der Waals surface area contributed by atoms with Gasteiger partial charge in [0.05, 0.1) is 23.7 Å². The Labute approximate surface area is 177 Å². The average Bonchev–Trinajstić information content (AvgIpc) is 2.80. The molecule has 0 saturated carbocycles. The summed E-state index contributed by atoms with van der Waals surface area (Å²) in [4.78, 5) is 18.0. The van der Waals surface area contributed by atoms with Gasteiger partial charge in [-0.3, -0.25) is 4.79 Å². The Hall–Kier alpha value is -3.46. The lowest BCUT2D eigenvalue weighted by atomic mass is 9.95. The van der Waals surface area contributed by atoms with E-state index in [9.17, 15) is 4.79 Å². The summed E-state index contributed by atoms with van der Waals surface area (Å²) in [6.45, 7) is 4.16. The largest absolute Gasteiger partial charge is 0.349 e. The van der Waals surface area contributed by atoms with Crippen molar-refractivity contribution < 1.29 is 4.79 Å². The van der Waals surface area contributed by atoms with E-state index in [4.69, 9.17) is 4.98 Å². The molecule has 1 aromatic heterocycles. The van der Waals surface area contributed by atoms with Gasteiger partial charge < -0.3 is 5.32 Å². The lowest BCUT2D eigenvalue weighted by Gasteiger charge is -2.19. The number of carbonyl (C=O) groups excluding carboxylic acids is 1. The van der Waals surface area contributed by atoms with Gasteiger partial charge in [0.2, 0.25) is 5.91 Å². The normalized spacial score (nSPS) is 11.9. The molecule has 30 heavy (non-hydrogen) atoms. The van der Waals surface area contributed by atoms with Gasteiger partial charge >= 0.3 is 0 Å². The van der Waals surface area contributed by atoms with Gasteiger partial charge in [-0.25, -0.2) is 4.98 Å². The summed E-state index contributed by atoms with van der Waals surface area (Å²) in [6.07, 6.45) is 1.18. The van der Waals surface area contributed by atoms with Gasteiger partial charge in [0.15, 0.2) is 0 Å². The minimum absolute atomic E-state index is 0.0145. The number of nitrogens with one attached hydrogen (secondary N) is 1. The van der Waals surface area contributed by atoms with Crippen molar-refractivity contribution in [3.8, 4) is 11.3 Å². The van der Waals surface area contributed by atoms with Gasteiger partial charge in [0.1, 0.15) is 0 Å². The van der Waals surface area contributed by atoms with Gasteiger partial charge in [0, 0.05) is 10.9 Å². The van der Waals surface area contributed by atoms with Crippen LogP contribution < -0.4 is 5.32 Å². The van der Waals surface area contributed by atoms with Crippen molar-refractivity contribution in [1.82, 2.24) is 10.3 Å². The standard InChI is InChI=1S/C27H26N2O/c1-3-24(20-12-6-4-7-13-20)28-26(30)18-23-19(2)27(21-14-8-5-9-15-21)29-25-17-11-10-16-22(23)25/h4-17,24H,3,18H2,1-2H3,(H,28,30)/t24-/m0/s1. The van der Waals surface area contributed by atoms with E-state index in [0.717, 1.165) is 45.3 Å². The van der Waals surface area contributed by atoms with E-state index in [1.165, 1.54) is 0 Å². The minimum Gasteiger partial charge on any atom is -0.349 e. The average molecular weight is 395 g/mol. The third kappa shape index (κ3) is 4.11. The zero-order valence-corrected chi connectivity index (χ0v) is 17.4. The summed E-state index contributed by atoms with van der Waals surface area (Å²) < 4.78 is 0. The SMILES string of the molecule is CC[C@H](NC(=O)Cc1c(C)c(-c2ccccc2)nc2ccccc12)c1ccccc1. The molecule has 0 aliphatic rings. The minimum atomic E-state index is 0.0145. The molecule has 0 aliphatic heterocycles. The van der Waals surface area contributed by atoms with Crippen LogP contribution in [-0.4, -0.2) is 10.9 Å². The van der Waals surface area contributed by atoms with E-state index in [2.05, 4.69) is 49.5 Å². The van der Waals surface area contributed by atoms with E-state index >= 15 is 0 Å². The number of carbonyl (C=O) groups is 1. The number of rotatable bonds is 6. The molecular formula is C27H26N2O. The topological polar surface area (TPSA) is 42.0 Å². The second kappa shape index (κ2) is 8.91. The number of pyridine rings is 1. The molecular weight excluding hydrogens is 368 g/mol. The number of hydrogen-bond acceptors (Lipinski definition) is 2. The van der Waals surface area contributed by atoms with Crippen molar-refractivity contribution in [2.45, 2.75) is 32.7 Å². The first-order chi connectivity index (χ1) is 14.7. The number of nitrogens with zero attached hydrogens (tertiary/aromatic N) is 1. The van der Waals surface area contributed by atoms with Crippen LogP contribution in [0.2, 0.25) is 0 Å². The maximum Gasteiger partial charge on any atom is 0.224 e. The summed E-state index contributed by atoms with van der Waals surface area (Å²) in [5.74, 6) is 0.0316. The molecule has 1 heterocycles. The maximum atomic E-state index is 13.1. The van der Waals surface area contributed by atoms with Crippen LogP contribution in [-0.2, 0) is 11.2 Å². The van der Waals surface area contributed by atoms with E-state index in [-0.39, 0.29) is 11.9 Å². The van der Waals surface area contributed by atoms with Gasteiger partial charge in [-0.05, 0) is 36.1 Å². The van der Waals surface area contributed by atoms with Crippen molar-refractivity contribution in [2.75, 3.05) is 0 Å². The molecule has 0 spiro atoms. The van der Waals surface area contributed by atoms with Crippen molar-refractivity contribution >= 4 is 16.8 Å². The fraction of sp³-hybridized carbons (Fsp3) is 0.185. The van der Waals surface area contributed by atoms with E-state index in [0.29, 0.717) is 6.42 Å². The third-order valence-corrected chi connectivity index (χ3v) is 5.60. The fourth-order valence-corrected chi connectivity index (χ4v) is 3.99. The van der Waals surface area contributed by atoms with Crippen molar-refractivity contribution in [3.05, 3.63) is 102 Å². The monoisotopic (exact) mass is 394 g/mol. The molecule has 0 unspecified atom stereocenters. The van der Waals surface area contributed by atoms with Crippen LogP contribution in [0.1, 0.15) is 36.1 Å². The molecule has 150 valence electrons. The summed E-state index contributed by atoms with van der Waals surface area (Å²) in [5.41, 5.74) is 6.16. The lowest BCUT2D eigenvalue weighted by molar-refractivity contribution is -0.121. The molecule has 1 N–H and O–H groups in total. The van der Waals surface area contributed by atoms with E-state index in [1.807, 2.05) is 54.6 Å².